The van der Waals surface area contributed by atoms with Crippen molar-refractivity contribution in [2.45, 2.75) is 44.3 Å². The predicted molar refractivity (Wildman–Crippen MR) is 130 cm³/mol. The molecule has 3 heterocycles. The van der Waals surface area contributed by atoms with Gasteiger partial charge in [0.1, 0.15) is 11.5 Å². The highest BCUT2D eigenvalue weighted by Gasteiger charge is 2.40. The lowest BCUT2D eigenvalue weighted by Gasteiger charge is -2.13. The van der Waals surface area contributed by atoms with Crippen molar-refractivity contribution in [3.05, 3.63) is 74.1 Å². The van der Waals surface area contributed by atoms with Gasteiger partial charge in [0, 0.05) is 25.9 Å². The first-order chi connectivity index (χ1) is 17.9. The van der Waals surface area contributed by atoms with Gasteiger partial charge in [-0.25, -0.2) is 4.79 Å². The Balaban J connectivity index is 1.62. The van der Waals surface area contributed by atoms with Crippen LogP contribution >= 0.6 is 11.6 Å². The Bertz CT molecular complexity index is 1620. The second kappa shape index (κ2) is 9.48. The minimum atomic E-state index is -4.90. The molecule has 1 aliphatic carbocycles. The lowest BCUT2D eigenvalue weighted by Crippen LogP contribution is -2.40. The molecule has 0 spiro atoms. The quantitative estimate of drug-likeness (QED) is 0.356. The number of ether oxygens (including phenoxy) is 2. The van der Waals surface area contributed by atoms with E-state index in [0.29, 0.717) is 23.6 Å². The Morgan fingerprint density at radius 1 is 1.13 bits per heavy atom. The summed E-state index contributed by atoms with van der Waals surface area (Å²) in [6.07, 6.45) is -2.06. The van der Waals surface area contributed by atoms with E-state index in [1.165, 1.54) is 34.5 Å². The van der Waals surface area contributed by atoms with Crippen LogP contribution in [0.4, 0.5) is 13.2 Å². The van der Waals surface area contributed by atoms with Crippen LogP contribution < -0.4 is 20.7 Å². The lowest BCUT2D eigenvalue weighted by molar-refractivity contribution is -0.274. The van der Waals surface area contributed by atoms with E-state index in [1.807, 2.05) is 0 Å². The monoisotopic (exact) mass is 551 g/mol. The van der Waals surface area contributed by atoms with Crippen molar-refractivity contribution in [2.75, 3.05) is 0 Å². The van der Waals surface area contributed by atoms with Gasteiger partial charge in [0.2, 0.25) is 0 Å². The maximum Gasteiger partial charge on any atom is 0.573 e. The maximum atomic E-state index is 13.5. The summed E-state index contributed by atoms with van der Waals surface area (Å²) in [7, 11) is 1.44. The van der Waals surface area contributed by atoms with E-state index in [2.05, 4.69) is 14.7 Å². The summed E-state index contributed by atoms with van der Waals surface area (Å²) in [6, 6.07) is 7.88. The van der Waals surface area contributed by atoms with Gasteiger partial charge in [-0.1, -0.05) is 17.7 Å². The minimum absolute atomic E-state index is 0.00462. The summed E-state index contributed by atoms with van der Waals surface area (Å²) in [5.41, 5.74) is -1.67. The van der Waals surface area contributed by atoms with E-state index in [0.717, 1.165) is 16.7 Å². The number of hydrogen-bond donors (Lipinski definition) is 1. The van der Waals surface area contributed by atoms with Crippen LogP contribution in [0.3, 0.4) is 0 Å². The SMILES string of the molecule is Cn1c(=O)n(CCC2(O)CC2)c(=O)c2c1nc(Oc1cccc(OC(F)(F)F)c1)n2Cc1ccc(Cl)cn1. The Hall–Kier alpha value is -3.84. The first-order valence-corrected chi connectivity index (χ1v) is 11.9. The molecule has 1 aromatic carbocycles. The van der Waals surface area contributed by atoms with E-state index in [9.17, 15) is 27.9 Å². The molecule has 0 aliphatic heterocycles. The third-order valence-corrected chi connectivity index (χ3v) is 6.41. The summed E-state index contributed by atoms with van der Waals surface area (Å²) in [5.74, 6) is -0.557. The van der Waals surface area contributed by atoms with Crippen molar-refractivity contribution >= 4 is 22.8 Å². The zero-order valence-corrected chi connectivity index (χ0v) is 20.7. The van der Waals surface area contributed by atoms with Gasteiger partial charge in [-0.3, -0.25) is 23.5 Å². The average Bonchev–Trinajstić information content (AvgIpc) is 3.48. The molecule has 3 aromatic heterocycles. The van der Waals surface area contributed by atoms with Crippen molar-refractivity contribution in [1.82, 2.24) is 23.7 Å². The number of imidazole rings is 1. The second-order valence-corrected chi connectivity index (χ2v) is 9.45. The molecule has 10 nitrogen and oxygen atoms in total. The third-order valence-electron chi connectivity index (χ3n) is 6.18. The fourth-order valence-corrected chi connectivity index (χ4v) is 4.10. The summed E-state index contributed by atoms with van der Waals surface area (Å²) in [6.45, 7) is -0.0333. The van der Waals surface area contributed by atoms with Crippen molar-refractivity contribution in [2.24, 2.45) is 7.05 Å². The van der Waals surface area contributed by atoms with Crippen LogP contribution in [-0.4, -0.2) is 40.7 Å². The molecule has 0 amide bonds. The van der Waals surface area contributed by atoms with Gasteiger partial charge < -0.3 is 14.6 Å². The average molecular weight is 552 g/mol. The van der Waals surface area contributed by atoms with Crippen molar-refractivity contribution < 1.29 is 27.8 Å². The first-order valence-electron chi connectivity index (χ1n) is 11.5. The van der Waals surface area contributed by atoms with Crippen LogP contribution in [0.25, 0.3) is 11.2 Å². The Labute approximate surface area is 217 Å². The fraction of sp³-hybridized carbons (Fsp3) is 0.333. The molecule has 0 bridgehead atoms. The fourth-order valence-electron chi connectivity index (χ4n) is 3.99. The van der Waals surface area contributed by atoms with Gasteiger partial charge in [-0.15, -0.1) is 13.2 Å². The smallest absolute Gasteiger partial charge is 0.425 e. The third kappa shape index (κ3) is 5.38. The number of hydrogen-bond acceptors (Lipinski definition) is 7. The van der Waals surface area contributed by atoms with Gasteiger partial charge in [-0.05, 0) is 43.5 Å². The molecular weight excluding hydrogens is 531 g/mol. The number of aromatic nitrogens is 5. The van der Waals surface area contributed by atoms with E-state index < -0.39 is 29.0 Å². The first kappa shape index (κ1) is 25.8. The normalized spacial score (nSPS) is 14.6. The molecule has 0 unspecified atom stereocenters. The van der Waals surface area contributed by atoms with E-state index in [1.54, 1.807) is 12.1 Å². The van der Waals surface area contributed by atoms with Crippen LogP contribution in [0, 0.1) is 0 Å². The number of benzene rings is 1. The molecule has 0 radical (unpaired) electrons. The van der Waals surface area contributed by atoms with Crippen LogP contribution in [-0.2, 0) is 20.1 Å². The molecule has 5 rings (SSSR count). The maximum absolute atomic E-state index is 13.5. The largest absolute Gasteiger partial charge is 0.573 e. The molecule has 4 aromatic rings. The molecule has 0 atom stereocenters. The van der Waals surface area contributed by atoms with Gasteiger partial charge in [0.15, 0.2) is 11.2 Å². The van der Waals surface area contributed by atoms with Gasteiger partial charge in [0.25, 0.3) is 5.56 Å². The molecule has 1 N–H and O–H groups in total. The number of aliphatic hydroxyl groups is 1. The van der Waals surface area contributed by atoms with Gasteiger partial charge in [0.05, 0.1) is 22.9 Å². The Morgan fingerprint density at radius 3 is 2.53 bits per heavy atom. The molecule has 1 fully saturated rings. The summed E-state index contributed by atoms with van der Waals surface area (Å²) < 4.78 is 51.4. The van der Waals surface area contributed by atoms with Crippen LogP contribution in [0.5, 0.6) is 17.5 Å². The number of pyridine rings is 1. The van der Waals surface area contributed by atoms with Gasteiger partial charge in [-0.2, -0.15) is 4.98 Å². The van der Waals surface area contributed by atoms with Crippen LogP contribution in [0.1, 0.15) is 25.0 Å². The number of rotatable bonds is 8. The molecular formula is C24H21ClF3N5O5. The number of halogens is 4. The predicted octanol–water partition coefficient (Wildman–Crippen LogP) is 3.60. The topological polar surface area (TPSA) is 113 Å². The molecule has 14 heteroatoms. The highest BCUT2D eigenvalue weighted by Crippen LogP contribution is 2.38. The number of fused-ring (bicyclic) bond motifs is 1. The number of alkyl halides is 3. The van der Waals surface area contributed by atoms with Crippen molar-refractivity contribution in [3.63, 3.8) is 0 Å². The van der Waals surface area contributed by atoms with Crippen LogP contribution in [0.2, 0.25) is 5.02 Å². The van der Waals surface area contributed by atoms with Gasteiger partial charge >= 0.3 is 18.1 Å². The summed E-state index contributed by atoms with van der Waals surface area (Å²) in [4.78, 5) is 35.1. The standard InChI is InChI=1S/C24H21ClF3N5O5/c1-31-19-18(20(34)32(22(31)35)10-9-23(36)7-8-23)33(13-15-6-5-14(25)12-29-15)21(30-19)37-16-3-2-4-17(11-16)38-24(26,27)28/h2-6,11-12,36H,7-10,13H2,1H3. The Morgan fingerprint density at radius 2 is 1.87 bits per heavy atom. The van der Waals surface area contributed by atoms with Crippen LogP contribution in [0.15, 0.2) is 52.2 Å². The molecule has 200 valence electrons. The lowest BCUT2D eigenvalue weighted by atomic mass is 10.2. The van der Waals surface area contributed by atoms with E-state index in [4.69, 9.17) is 16.3 Å². The highest BCUT2D eigenvalue weighted by molar-refractivity contribution is 6.30. The van der Waals surface area contributed by atoms with Crippen molar-refractivity contribution in [1.29, 1.82) is 0 Å². The van der Waals surface area contributed by atoms with Crippen molar-refractivity contribution in [3.8, 4) is 17.5 Å². The number of aryl methyl sites for hydroxylation is 1. The minimum Gasteiger partial charge on any atom is -0.425 e. The number of nitrogens with zero attached hydrogens (tertiary/aromatic N) is 5. The highest BCUT2D eigenvalue weighted by atomic mass is 35.5. The molecule has 1 saturated carbocycles. The zero-order chi connectivity index (χ0) is 27.2. The molecule has 38 heavy (non-hydrogen) atoms. The van der Waals surface area contributed by atoms with E-state index in [-0.39, 0.29) is 42.4 Å². The second-order valence-electron chi connectivity index (χ2n) is 9.02. The Kier molecular flexibility index (Phi) is 6.43. The summed E-state index contributed by atoms with van der Waals surface area (Å²) >= 11 is 5.94. The zero-order valence-electron chi connectivity index (χ0n) is 19.9. The van der Waals surface area contributed by atoms with E-state index >= 15 is 0 Å². The molecule has 0 saturated heterocycles. The molecule has 1 aliphatic rings. The summed E-state index contributed by atoms with van der Waals surface area (Å²) in [5, 5.41) is 10.6.